The molecule has 37 heavy (non-hydrogen) atoms. The maximum Gasteiger partial charge on any atom is 1.00 e. The van der Waals surface area contributed by atoms with E-state index in [1.165, 1.54) is 23.1 Å². The van der Waals surface area contributed by atoms with Gasteiger partial charge in [0.15, 0.2) is 32.8 Å². The van der Waals surface area contributed by atoms with Gasteiger partial charge in [-0.05, 0) is 36.0 Å². The number of halogens is 1. The SMILES string of the molecule is COc1ccc2sc(C=C3Sc4ccc(Cl)cc4[N+]34CCC4S(=O)(=O)[O-])[n+](CCCS(=O)(=O)[O-])c2c1.[K+]. The molecule has 1 aromatic heterocycles. The molecule has 0 bridgehead atoms. The molecule has 15 heteroatoms. The zero-order valence-corrected chi connectivity index (χ0v) is 27.1. The third-order valence-corrected chi connectivity index (χ3v) is 11.1. The number of hydrogen-bond acceptors (Lipinski definition) is 9. The van der Waals surface area contributed by atoms with Gasteiger partial charge in [-0.3, -0.25) is 0 Å². The molecule has 3 heterocycles. The summed E-state index contributed by atoms with van der Waals surface area (Å²) in [4.78, 5) is 0.825. The molecular formula is C22H21ClKN2O7S4+. The number of aromatic nitrogens is 1. The standard InChI is InChI=1S/C22H21ClN2O7S4.K/c1-32-15-4-6-18-16(12-15)24(8-2-10-35(26,27)28)20(33-18)13-21-25(9-7-22(25)36(29,30)31)17-11-14(23)3-5-19(17)34-21;/h3-6,11-13,22H,2,7-10H2,1H3;/q;+1. The van der Waals surface area contributed by atoms with Crippen LogP contribution < -0.4 is 65.2 Å². The van der Waals surface area contributed by atoms with E-state index < -0.39 is 31.4 Å². The van der Waals surface area contributed by atoms with E-state index in [2.05, 4.69) is 0 Å². The first-order valence-corrected chi connectivity index (χ1v) is 15.9. The van der Waals surface area contributed by atoms with Crippen LogP contribution in [0.25, 0.3) is 16.3 Å². The fraction of sp³-hybridized carbons (Fsp3) is 0.318. The van der Waals surface area contributed by atoms with Crippen LogP contribution in [0.15, 0.2) is 46.3 Å². The maximum absolute atomic E-state index is 12.2. The number of benzene rings is 2. The van der Waals surface area contributed by atoms with Gasteiger partial charge >= 0.3 is 51.4 Å². The van der Waals surface area contributed by atoms with E-state index in [0.29, 0.717) is 28.0 Å². The summed E-state index contributed by atoms with van der Waals surface area (Å²) in [5.41, 5.74) is 1.47. The molecule has 2 aliphatic rings. The van der Waals surface area contributed by atoms with Crippen molar-refractivity contribution in [2.75, 3.05) is 19.4 Å². The van der Waals surface area contributed by atoms with Gasteiger partial charge in [-0.15, -0.1) is 0 Å². The van der Waals surface area contributed by atoms with Crippen molar-refractivity contribution < 1.29 is 86.6 Å². The average Bonchev–Trinajstić information content (AvgIpc) is 3.26. The Morgan fingerprint density at radius 1 is 1.19 bits per heavy atom. The summed E-state index contributed by atoms with van der Waals surface area (Å²) >= 11 is 9.08. The van der Waals surface area contributed by atoms with Crippen molar-refractivity contribution in [1.82, 2.24) is 4.48 Å². The molecule has 9 nitrogen and oxygen atoms in total. The quantitative estimate of drug-likeness (QED) is 0.160. The van der Waals surface area contributed by atoms with Crippen LogP contribution >= 0.6 is 34.7 Å². The van der Waals surface area contributed by atoms with Gasteiger partial charge in [0.05, 0.1) is 47.2 Å². The third-order valence-electron chi connectivity index (χ3n) is 6.47. The number of rotatable bonds is 7. The predicted molar refractivity (Wildman–Crippen MR) is 138 cm³/mol. The summed E-state index contributed by atoms with van der Waals surface area (Å²) in [7, 11) is -7.44. The molecule has 2 atom stereocenters. The number of methoxy groups -OCH3 is 1. The Labute approximate surface area is 271 Å². The van der Waals surface area contributed by atoms with Crippen LogP contribution in [0, 0.1) is 0 Å². The molecule has 192 valence electrons. The number of aryl methyl sites for hydroxylation is 1. The topological polar surface area (TPSA) is 128 Å². The van der Waals surface area contributed by atoms with Crippen LogP contribution in [0.2, 0.25) is 5.02 Å². The molecule has 0 aliphatic carbocycles. The van der Waals surface area contributed by atoms with Crippen LogP contribution in [-0.2, 0) is 26.8 Å². The van der Waals surface area contributed by atoms with Gasteiger partial charge in [0.25, 0.3) is 5.01 Å². The largest absolute Gasteiger partial charge is 1.00 e. The monoisotopic (exact) mass is 627 g/mol. The van der Waals surface area contributed by atoms with Crippen molar-refractivity contribution in [3.05, 3.63) is 51.5 Å². The third kappa shape index (κ3) is 5.73. The van der Waals surface area contributed by atoms with Crippen molar-refractivity contribution in [2.24, 2.45) is 0 Å². The van der Waals surface area contributed by atoms with Gasteiger partial charge in [0.1, 0.15) is 10.4 Å². The van der Waals surface area contributed by atoms with Gasteiger partial charge in [-0.25, -0.2) is 21.3 Å². The number of fused-ring (bicyclic) bond motifs is 3. The van der Waals surface area contributed by atoms with E-state index in [9.17, 15) is 25.9 Å². The molecule has 1 fully saturated rings. The Kier molecular flexibility index (Phi) is 8.94. The van der Waals surface area contributed by atoms with E-state index >= 15 is 0 Å². The van der Waals surface area contributed by atoms with Gasteiger partial charge in [0.2, 0.25) is 5.52 Å². The number of thioether (sulfide) groups is 1. The minimum Gasteiger partial charge on any atom is -0.748 e. The Morgan fingerprint density at radius 2 is 1.95 bits per heavy atom. The Hall–Kier alpha value is -0.0736. The Balaban J connectivity index is 0.00000320. The normalized spacial score (nSPS) is 22.2. The zero-order chi connectivity index (χ0) is 25.9. The number of nitrogens with zero attached hydrogens (tertiary/aromatic N) is 2. The first-order chi connectivity index (χ1) is 16.9. The minimum atomic E-state index is -4.61. The summed E-state index contributed by atoms with van der Waals surface area (Å²) in [6, 6.07) is 10.8. The second-order valence-electron chi connectivity index (χ2n) is 8.57. The van der Waals surface area contributed by atoms with Crippen molar-refractivity contribution >= 4 is 76.9 Å². The number of hydrogen-bond donors (Lipinski definition) is 0. The first-order valence-electron chi connectivity index (χ1n) is 10.9. The van der Waals surface area contributed by atoms with Gasteiger partial charge < -0.3 is 13.8 Å². The van der Waals surface area contributed by atoms with Crippen LogP contribution in [0.3, 0.4) is 0 Å². The van der Waals surface area contributed by atoms with E-state index in [-0.39, 0.29) is 75.3 Å². The molecule has 1 spiro atoms. The van der Waals surface area contributed by atoms with Crippen LogP contribution in [0.5, 0.6) is 5.75 Å². The van der Waals surface area contributed by atoms with Crippen molar-refractivity contribution in [3.8, 4) is 5.75 Å². The van der Waals surface area contributed by atoms with Gasteiger partial charge in [-0.1, -0.05) is 22.9 Å². The molecule has 0 radical (unpaired) electrons. The van der Waals surface area contributed by atoms with E-state index in [1.807, 2.05) is 34.9 Å². The average molecular weight is 628 g/mol. The maximum atomic E-state index is 12.2. The molecule has 2 unspecified atom stereocenters. The van der Waals surface area contributed by atoms with Crippen molar-refractivity contribution in [3.63, 3.8) is 0 Å². The van der Waals surface area contributed by atoms with E-state index in [4.69, 9.17) is 16.3 Å². The summed E-state index contributed by atoms with van der Waals surface area (Å²) in [6.45, 7) is 0.686. The number of ether oxygens (including phenoxy) is 1. The van der Waals surface area contributed by atoms with Gasteiger partial charge in [-0.2, -0.15) is 4.57 Å². The van der Waals surface area contributed by atoms with E-state index in [1.54, 1.807) is 19.2 Å². The zero-order valence-electron chi connectivity index (χ0n) is 19.9. The molecule has 5 rings (SSSR count). The molecule has 2 aromatic carbocycles. The Morgan fingerprint density at radius 3 is 2.57 bits per heavy atom. The molecule has 3 aromatic rings. The minimum absolute atomic E-state index is 0. The van der Waals surface area contributed by atoms with Crippen LogP contribution in [0.4, 0.5) is 5.69 Å². The van der Waals surface area contributed by atoms with E-state index in [0.717, 1.165) is 20.1 Å². The summed E-state index contributed by atoms with van der Waals surface area (Å²) in [5, 5.41) is 0.690. The van der Waals surface area contributed by atoms with Crippen LogP contribution in [-0.4, -0.2) is 50.7 Å². The second-order valence-corrected chi connectivity index (χ2v) is 14.2. The summed E-state index contributed by atoms with van der Waals surface area (Å²) in [6.07, 6.45) is 2.20. The molecule has 2 aliphatic heterocycles. The predicted octanol–water partition coefficient (Wildman–Crippen LogP) is 0.477. The first kappa shape index (κ1) is 29.9. The van der Waals surface area contributed by atoms with Gasteiger partial charge in [0, 0.05) is 23.3 Å². The van der Waals surface area contributed by atoms with Crippen molar-refractivity contribution in [1.29, 1.82) is 0 Å². The number of thiazole rings is 1. The molecule has 0 amide bonds. The smallest absolute Gasteiger partial charge is 0.748 e. The summed E-state index contributed by atoms with van der Waals surface area (Å²) < 4.78 is 78.4. The Bertz CT molecular complexity index is 1630. The molecular weight excluding hydrogens is 607 g/mol. The molecule has 0 N–H and O–H groups in total. The van der Waals surface area contributed by atoms with Crippen molar-refractivity contribution in [2.45, 2.75) is 29.7 Å². The molecule has 1 saturated heterocycles. The summed E-state index contributed by atoms with van der Waals surface area (Å²) in [5.74, 6) is 0.109. The van der Waals surface area contributed by atoms with Crippen LogP contribution in [0.1, 0.15) is 17.8 Å². The fourth-order valence-electron chi connectivity index (χ4n) is 4.78. The second kappa shape index (κ2) is 11.1. The number of quaternary nitrogens is 1. The molecule has 0 saturated carbocycles. The fourth-order valence-corrected chi connectivity index (χ4v) is 9.18.